The quantitative estimate of drug-likeness (QED) is 0.503. The fourth-order valence-electron chi connectivity index (χ4n) is 3.30. The van der Waals surface area contributed by atoms with Crippen molar-refractivity contribution in [3.63, 3.8) is 0 Å². The molecule has 3 N–H and O–H groups in total. The number of amides is 2. The van der Waals surface area contributed by atoms with E-state index in [4.69, 9.17) is 0 Å². The minimum atomic E-state index is -0.628. The van der Waals surface area contributed by atoms with Crippen LogP contribution in [0.3, 0.4) is 0 Å². The highest BCUT2D eigenvalue weighted by Crippen LogP contribution is 2.28. The average Bonchev–Trinajstić information content (AvgIpc) is 3.09. The maximum absolute atomic E-state index is 12.8. The number of carbonyl (C=O) groups excluding carboxylic acids is 3. The smallest absolute Gasteiger partial charge is 0.255 e. The number of hydrogen-bond donors (Lipinski definition) is 3. The second kappa shape index (κ2) is 9.04. The van der Waals surface area contributed by atoms with Crippen LogP contribution in [0.25, 0.3) is 10.2 Å². The summed E-state index contributed by atoms with van der Waals surface area (Å²) in [5.41, 5.74) is 5.33. The number of fused-ring (bicyclic) bond motifs is 1. The molecule has 1 unspecified atom stereocenters. The molecule has 3 rings (SSSR count). The number of nitrogens with zero attached hydrogens (tertiary/aromatic N) is 1. The van der Waals surface area contributed by atoms with E-state index < -0.39 is 6.04 Å². The van der Waals surface area contributed by atoms with Crippen molar-refractivity contribution in [3.8, 4) is 0 Å². The van der Waals surface area contributed by atoms with Crippen LogP contribution in [0.1, 0.15) is 34.0 Å². The lowest BCUT2D eigenvalue weighted by Crippen LogP contribution is -2.39. The summed E-state index contributed by atoms with van der Waals surface area (Å²) >= 11 is 1.38. The summed E-state index contributed by atoms with van der Waals surface area (Å²) in [6.45, 7) is 7.59. The molecule has 0 radical (unpaired) electrons. The molecule has 1 heterocycles. The first-order valence-electron chi connectivity index (χ1n) is 9.53. The standard InChI is InChI=1S/C22H24N4O3S/c1-12-7-13(2)20(14(3)8-12)26-21(29)16-5-6-18-19(9-16)30-22(25-18)23-10-17(11-27)24-15(4)28/h5-9,11,17H,10H2,1-4H3,(H,23,25)(H,24,28)(H,26,29). The van der Waals surface area contributed by atoms with Crippen molar-refractivity contribution in [2.45, 2.75) is 33.7 Å². The van der Waals surface area contributed by atoms with Gasteiger partial charge in [-0.25, -0.2) is 4.98 Å². The maximum atomic E-state index is 12.8. The van der Waals surface area contributed by atoms with Crippen LogP contribution in [-0.4, -0.2) is 35.7 Å². The molecule has 0 saturated carbocycles. The first-order valence-corrected chi connectivity index (χ1v) is 10.3. The molecule has 1 atom stereocenters. The molecule has 0 aliphatic rings. The number of aryl methyl sites for hydroxylation is 3. The number of thiazole rings is 1. The van der Waals surface area contributed by atoms with E-state index in [9.17, 15) is 14.4 Å². The molecule has 0 aliphatic heterocycles. The predicted molar refractivity (Wildman–Crippen MR) is 120 cm³/mol. The highest BCUT2D eigenvalue weighted by Gasteiger charge is 2.14. The molecule has 0 fully saturated rings. The van der Waals surface area contributed by atoms with E-state index in [1.807, 2.05) is 32.9 Å². The van der Waals surface area contributed by atoms with Gasteiger partial charge in [0, 0.05) is 24.7 Å². The number of nitrogens with one attached hydrogen (secondary N) is 3. The molecule has 30 heavy (non-hydrogen) atoms. The van der Waals surface area contributed by atoms with Crippen LogP contribution in [0.4, 0.5) is 10.8 Å². The Morgan fingerprint density at radius 1 is 1.13 bits per heavy atom. The van der Waals surface area contributed by atoms with Gasteiger partial charge in [-0.2, -0.15) is 0 Å². The van der Waals surface area contributed by atoms with Crippen LogP contribution in [0.15, 0.2) is 30.3 Å². The van der Waals surface area contributed by atoms with Crippen molar-refractivity contribution in [2.75, 3.05) is 17.2 Å². The van der Waals surface area contributed by atoms with E-state index in [-0.39, 0.29) is 18.4 Å². The third-order valence-electron chi connectivity index (χ3n) is 4.59. The minimum absolute atomic E-state index is 0.179. The highest BCUT2D eigenvalue weighted by molar-refractivity contribution is 7.22. The SMILES string of the molecule is CC(=O)NC(C=O)CNc1nc2ccc(C(=O)Nc3c(C)cc(C)cc3C)cc2s1. The van der Waals surface area contributed by atoms with E-state index in [1.54, 1.807) is 18.2 Å². The maximum Gasteiger partial charge on any atom is 0.255 e. The number of anilines is 2. The Balaban J connectivity index is 1.75. The van der Waals surface area contributed by atoms with Crippen molar-refractivity contribution in [2.24, 2.45) is 0 Å². The average molecular weight is 425 g/mol. The lowest BCUT2D eigenvalue weighted by atomic mass is 10.0. The molecule has 2 aromatic carbocycles. The van der Waals surface area contributed by atoms with Gasteiger partial charge in [0.05, 0.1) is 10.2 Å². The first kappa shape index (κ1) is 21.4. The van der Waals surface area contributed by atoms with Crippen molar-refractivity contribution < 1.29 is 14.4 Å². The topological polar surface area (TPSA) is 100 Å². The van der Waals surface area contributed by atoms with Crippen molar-refractivity contribution in [1.82, 2.24) is 10.3 Å². The van der Waals surface area contributed by atoms with Crippen LogP contribution < -0.4 is 16.0 Å². The van der Waals surface area contributed by atoms with Gasteiger partial charge in [-0.3, -0.25) is 9.59 Å². The number of aromatic nitrogens is 1. The molecule has 3 aromatic rings. The molecule has 1 aromatic heterocycles. The van der Waals surface area contributed by atoms with E-state index in [0.717, 1.165) is 32.6 Å². The Kier molecular flexibility index (Phi) is 6.47. The molecule has 0 spiro atoms. The molecular formula is C22H24N4O3S. The number of hydrogen-bond acceptors (Lipinski definition) is 6. The van der Waals surface area contributed by atoms with Gasteiger partial charge in [0.1, 0.15) is 12.3 Å². The highest BCUT2D eigenvalue weighted by atomic mass is 32.1. The van der Waals surface area contributed by atoms with Gasteiger partial charge < -0.3 is 20.7 Å². The van der Waals surface area contributed by atoms with Gasteiger partial charge >= 0.3 is 0 Å². The molecule has 156 valence electrons. The molecule has 0 bridgehead atoms. The molecule has 8 heteroatoms. The molecular weight excluding hydrogens is 400 g/mol. The summed E-state index contributed by atoms with van der Waals surface area (Å²) in [5, 5.41) is 9.23. The monoisotopic (exact) mass is 424 g/mol. The van der Waals surface area contributed by atoms with E-state index in [2.05, 4.69) is 20.9 Å². The van der Waals surface area contributed by atoms with Crippen molar-refractivity contribution in [1.29, 1.82) is 0 Å². The molecule has 0 saturated heterocycles. The number of carbonyl (C=O) groups is 3. The van der Waals surface area contributed by atoms with Crippen molar-refractivity contribution >= 4 is 50.5 Å². The first-order chi connectivity index (χ1) is 14.3. The Hall–Kier alpha value is -3.26. The van der Waals surface area contributed by atoms with E-state index in [1.165, 1.54) is 18.3 Å². The van der Waals surface area contributed by atoms with Gasteiger partial charge in [0.15, 0.2) is 5.13 Å². The second-order valence-electron chi connectivity index (χ2n) is 7.25. The van der Waals surface area contributed by atoms with Gasteiger partial charge in [-0.05, 0) is 50.1 Å². The minimum Gasteiger partial charge on any atom is -0.359 e. The van der Waals surface area contributed by atoms with Crippen LogP contribution in [-0.2, 0) is 9.59 Å². The van der Waals surface area contributed by atoms with Crippen LogP contribution in [0, 0.1) is 20.8 Å². The third kappa shape index (κ3) is 5.01. The Morgan fingerprint density at radius 3 is 2.47 bits per heavy atom. The van der Waals surface area contributed by atoms with Gasteiger partial charge in [0.2, 0.25) is 5.91 Å². The lowest BCUT2D eigenvalue weighted by molar-refractivity contribution is -0.122. The van der Waals surface area contributed by atoms with Crippen LogP contribution in [0.5, 0.6) is 0 Å². The van der Waals surface area contributed by atoms with Gasteiger partial charge in [-0.15, -0.1) is 0 Å². The Labute approximate surface area is 178 Å². The largest absolute Gasteiger partial charge is 0.359 e. The fraction of sp³-hybridized carbons (Fsp3) is 0.273. The fourth-order valence-corrected chi connectivity index (χ4v) is 4.21. The zero-order valence-electron chi connectivity index (χ0n) is 17.3. The number of aldehydes is 1. The molecule has 7 nitrogen and oxygen atoms in total. The summed E-state index contributed by atoms with van der Waals surface area (Å²) in [7, 11) is 0. The zero-order valence-corrected chi connectivity index (χ0v) is 18.1. The van der Waals surface area contributed by atoms with Gasteiger partial charge in [0.25, 0.3) is 5.91 Å². The van der Waals surface area contributed by atoms with Crippen molar-refractivity contribution in [3.05, 3.63) is 52.6 Å². The molecule has 2 amide bonds. The van der Waals surface area contributed by atoms with Gasteiger partial charge in [-0.1, -0.05) is 29.0 Å². The summed E-state index contributed by atoms with van der Waals surface area (Å²) in [6.07, 6.45) is 0.680. The van der Waals surface area contributed by atoms with Crippen LogP contribution in [0.2, 0.25) is 0 Å². The summed E-state index contributed by atoms with van der Waals surface area (Å²) in [4.78, 5) is 39.4. The summed E-state index contributed by atoms with van der Waals surface area (Å²) in [5.74, 6) is -0.450. The Morgan fingerprint density at radius 2 is 1.83 bits per heavy atom. The number of benzene rings is 2. The third-order valence-corrected chi connectivity index (χ3v) is 5.57. The summed E-state index contributed by atoms with van der Waals surface area (Å²) < 4.78 is 0.852. The molecule has 0 aliphatic carbocycles. The van der Waals surface area contributed by atoms with E-state index >= 15 is 0 Å². The second-order valence-corrected chi connectivity index (χ2v) is 8.28. The van der Waals surface area contributed by atoms with E-state index in [0.29, 0.717) is 17.0 Å². The lowest BCUT2D eigenvalue weighted by Gasteiger charge is -2.13. The Bertz CT molecular complexity index is 1100. The normalized spacial score (nSPS) is 11.7. The van der Waals surface area contributed by atoms with Crippen LogP contribution >= 0.6 is 11.3 Å². The number of rotatable bonds is 7. The predicted octanol–water partition coefficient (Wildman–Crippen LogP) is 3.59. The summed E-state index contributed by atoms with van der Waals surface area (Å²) in [6, 6.07) is 8.80. The zero-order chi connectivity index (χ0) is 21.8.